The summed E-state index contributed by atoms with van der Waals surface area (Å²) in [6.07, 6.45) is -0.233. The maximum Gasteiger partial charge on any atom is 0.232 e. The number of carbonyl (C=O) groups is 2. The van der Waals surface area contributed by atoms with Crippen LogP contribution in [-0.2, 0) is 9.53 Å². The molecule has 0 radical (unpaired) electrons. The lowest BCUT2D eigenvalue weighted by Crippen LogP contribution is -2.16. The van der Waals surface area contributed by atoms with Crippen LogP contribution in [0.4, 0.5) is 11.4 Å². The maximum absolute atomic E-state index is 12.2. The van der Waals surface area contributed by atoms with Gasteiger partial charge in [-0.1, -0.05) is 12.6 Å². The van der Waals surface area contributed by atoms with Crippen molar-refractivity contribution in [3.8, 4) is 5.75 Å². The monoisotopic (exact) mass is 354 g/mol. The summed E-state index contributed by atoms with van der Waals surface area (Å²) in [5.74, 6) is 0.639. The molecule has 0 saturated carbocycles. The van der Waals surface area contributed by atoms with Crippen molar-refractivity contribution in [2.45, 2.75) is 13.3 Å². The van der Waals surface area contributed by atoms with Crippen LogP contribution in [0, 0.1) is 0 Å². The molecule has 0 aliphatic carbocycles. The molecule has 0 fully saturated rings. The fourth-order valence-corrected chi connectivity index (χ4v) is 2.18. The molecule has 26 heavy (non-hydrogen) atoms. The van der Waals surface area contributed by atoms with Gasteiger partial charge < -0.3 is 20.1 Å². The molecule has 6 nitrogen and oxygen atoms in total. The van der Waals surface area contributed by atoms with Crippen LogP contribution in [0.25, 0.3) is 0 Å². The predicted octanol–water partition coefficient (Wildman–Crippen LogP) is 3.83. The summed E-state index contributed by atoms with van der Waals surface area (Å²) in [6, 6.07) is 13.8. The molecule has 0 unspecified atom stereocenters. The molecule has 0 heterocycles. The maximum atomic E-state index is 12.2. The number of carbonyl (C=O) groups excluding carboxylic acids is 2. The van der Waals surface area contributed by atoms with E-state index in [0.29, 0.717) is 22.8 Å². The smallest absolute Gasteiger partial charge is 0.232 e. The minimum absolute atomic E-state index is 0.233. The first-order valence-electron chi connectivity index (χ1n) is 8.07. The van der Waals surface area contributed by atoms with E-state index in [1.165, 1.54) is 0 Å². The minimum Gasteiger partial charge on any atom is -0.497 e. The molecule has 0 bridgehead atoms. The van der Waals surface area contributed by atoms with Gasteiger partial charge in [-0.25, -0.2) is 0 Å². The summed E-state index contributed by atoms with van der Waals surface area (Å²) in [5, 5.41) is 5.78. The van der Waals surface area contributed by atoms with Crippen molar-refractivity contribution in [1.29, 1.82) is 0 Å². The van der Waals surface area contributed by atoms with E-state index in [4.69, 9.17) is 9.47 Å². The van der Waals surface area contributed by atoms with Gasteiger partial charge in [-0.15, -0.1) is 0 Å². The lowest BCUT2D eigenvalue weighted by molar-refractivity contribution is -0.115. The molecule has 0 aliphatic rings. The van der Waals surface area contributed by atoms with Crippen molar-refractivity contribution in [3.63, 3.8) is 0 Å². The van der Waals surface area contributed by atoms with E-state index in [-0.39, 0.29) is 24.8 Å². The highest BCUT2D eigenvalue weighted by Gasteiger charge is 2.12. The summed E-state index contributed by atoms with van der Waals surface area (Å²) in [4.78, 5) is 24.3. The molecule has 0 saturated heterocycles. The minimum atomic E-state index is -0.374. The van der Waals surface area contributed by atoms with Crippen molar-refractivity contribution in [1.82, 2.24) is 0 Å². The third kappa shape index (κ3) is 5.98. The lowest BCUT2D eigenvalue weighted by Gasteiger charge is -2.10. The molecule has 0 spiro atoms. The highest BCUT2D eigenvalue weighted by atomic mass is 16.5. The number of methoxy groups -OCH3 is 1. The number of benzene rings is 2. The Morgan fingerprint density at radius 1 is 1.08 bits per heavy atom. The van der Waals surface area contributed by atoms with Gasteiger partial charge in [0.05, 0.1) is 19.3 Å². The topological polar surface area (TPSA) is 76.7 Å². The Morgan fingerprint density at radius 3 is 2.42 bits per heavy atom. The number of ether oxygens (including phenoxy) is 2. The molecule has 2 N–H and O–H groups in total. The first-order valence-corrected chi connectivity index (χ1v) is 8.07. The number of nitrogens with one attached hydrogen (secondary N) is 2. The number of ketones is 1. The fourth-order valence-electron chi connectivity index (χ4n) is 2.18. The van der Waals surface area contributed by atoms with E-state index in [9.17, 15) is 9.59 Å². The highest BCUT2D eigenvalue weighted by Crippen LogP contribution is 2.16. The Hall–Kier alpha value is -3.28. The van der Waals surface area contributed by atoms with E-state index >= 15 is 0 Å². The first-order chi connectivity index (χ1) is 12.5. The predicted molar refractivity (Wildman–Crippen MR) is 101 cm³/mol. The van der Waals surface area contributed by atoms with Crippen molar-refractivity contribution < 1.29 is 19.1 Å². The van der Waals surface area contributed by atoms with Crippen LogP contribution in [0.15, 0.2) is 60.9 Å². The van der Waals surface area contributed by atoms with Crippen LogP contribution in [0.2, 0.25) is 0 Å². The second-order valence-corrected chi connectivity index (χ2v) is 5.62. The lowest BCUT2D eigenvalue weighted by atomic mass is 10.1. The molecule has 2 aromatic carbocycles. The number of Topliss-reactive ketones (excluding diaryl/α,β-unsaturated/α-hetero) is 1. The molecule has 6 heteroatoms. The van der Waals surface area contributed by atoms with Crippen molar-refractivity contribution in [2.75, 3.05) is 24.5 Å². The third-order valence-electron chi connectivity index (χ3n) is 3.47. The van der Waals surface area contributed by atoms with E-state index < -0.39 is 0 Å². The average molecular weight is 354 g/mol. The summed E-state index contributed by atoms with van der Waals surface area (Å²) >= 11 is 0. The molecular weight excluding hydrogens is 332 g/mol. The highest BCUT2D eigenvalue weighted by molar-refractivity contribution is 6.11. The van der Waals surface area contributed by atoms with Crippen LogP contribution in [0.5, 0.6) is 5.75 Å². The molecule has 1 amide bonds. The van der Waals surface area contributed by atoms with Gasteiger partial charge in [-0.3, -0.25) is 9.59 Å². The Balaban J connectivity index is 1.90. The van der Waals surface area contributed by atoms with Crippen molar-refractivity contribution in [3.05, 3.63) is 66.4 Å². The standard InChI is InChI=1S/C20H22N2O4/c1-14(2)26-13-21-16-5-4-6-17(11-16)22-20(24)12-19(23)15-7-9-18(25-3)10-8-15/h4-11,21H,1,12-13H2,2-3H3,(H,22,24). The summed E-state index contributed by atoms with van der Waals surface area (Å²) in [5.41, 5.74) is 1.84. The zero-order valence-electron chi connectivity index (χ0n) is 14.9. The number of amides is 1. The van der Waals surface area contributed by atoms with Gasteiger partial charge >= 0.3 is 0 Å². The summed E-state index contributed by atoms with van der Waals surface area (Å²) in [6.45, 7) is 5.69. The Bertz CT molecular complexity index is 785. The van der Waals surface area contributed by atoms with Crippen LogP contribution in [0.3, 0.4) is 0 Å². The number of hydrogen-bond donors (Lipinski definition) is 2. The normalized spacial score (nSPS) is 9.92. The third-order valence-corrected chi connectivity index (χ3v) is 3.47. The molecule has 0 atom stereocenters. The van der Waals surface area contributed by atoms with Crippen LogP contribution in [0.1, 0.15) is 23.7 Å². The van der Waals surface area contributed by atoms with E-state index in [2.05, 4.69) is 17.2 Å². The van der Waals surface area contributed by atoms with E-state index in [0.717, 1.165) is 5.69 Å². The van der Waals surface area contributed by atoms with Crippen LogP contribution >= 0.6 is 0 Å². The SMILES string of the molecule is C=C(C)OCNc1cccc(NC(=O)CC(=O)c2ccc(OC)cc2)c1. The molecule has 2 rings (SSSR count). The van der Waals surface area contributed by atoms with Crippen LogP contribution in [-0.4, -0.2) is 25.5 Å². The zero-order chi connectivity index (χ0) is 18.9. The quantitative estimate of drug-likeness (QED) is 0.310. The fraction of sp³-hybridized carbons (Fsp3) is 0.200. The van der Waals surface area contributed by atoms with Crippen molar-refractivity contribution >= 4 is 23.1 Å². The van der Waals surface area contributed by atoms with Gasteiger partial charge in [0.2, 0.25) is 5.91 Å². The number of rotatable bonds is 9. The van der Waals surface area contributed by atoms with Crippen molar-refractivity contribution in [2.24, 2.45) is 0 Å². The van der Waals surface area contributed by atoms with Gasteiger partial charge in [0, 0.05) is 16.9 Å². The second-order valence-electron chi connectivity index (χ2n) is 5.62. The first kappa shape index (κ1) is 19.1. The number of hydrogen-bond acceptors (Lipinski definition) is 5. The molecular formula is C20H22N2O4. The molecule has 2 aromatic rings. The Labute approximate surface area is 152 Å². The second kappa shape index (κ2) is 9.27. The van der Waals surface area contributed by atoms with Crippen LogP contribution < -0.4 is 15.4 Å². The average Bonchev–Trinajstić information content (AvgIpc) is 2.61. The van der Waals surface area contributed by atoms with Gasteiger partial charge in [0.15, 0.2) is 12.5 Å². The van der Waals surface area contributed by atoms with E-state index in [1.54, 1.807) is 56.5 Å². The summed E-state index contributed by atoms with van der Waals surface area (Å²) in [7, 11) is 1.55. The summed E-state index contributed by atoms with van der Waals surface area (Å²) < 4.78 is 10.3. The Kier molecular flexibility index (Phi) is 6.79. The number of anilines is 2. The zero-order valence-corrected chi connectivity index (χ0v) is 14.9. The largest absolute Gasteiger partial charge is 0.497 e. The van der Waals surface area contributed by atoms with Gasteiger partial charge in [-0.05, 0) is 49.4 Å². The van der Waals surface area contributed by atoms with Gasteiger partial charge in [0.1, 0.15) is 5.75 Å². The molecule has 136 valence electrons. The molecule has 0 aromatic heterocycles. The van der Waals surface area contributed by atoms with Gasteiger partial charge in [0.25, 0.3) is 0 Å². The number of allylic oxidation sites excluding steroid dienone is 1. The molecule has 0 aliphatic heterocycles. The Morgan fingerprint density at radius 2 is 1.77 bits per heavy atom. The van der Waals surface area contributed by atoms with E-state index in [1.807, 2.05) is 6.07 Å². The van der Waals surface area contributed by atoms with Gasteiger partial charge in [-0.2, -0.15) is 0 Å².